The number of thioether (sulfide) groups is 1. The van der Waals surface area contributed by atoms with E-state index in [0.717, 1.165) is 5.56 Å². The van der Waals surface area contributed by atoms with Gasteiger partial charge in [-0.05, 0) is 48.9 Å². The van der Waals surface area contributed by atoms with Gasteiger partial charge in [-0.3, -0.25) is 14.2 Å². The molecule has 1 N–H and O–H groups in total. The van der Waals surface area contributed by atoms with E-state index in [1.165, 1.54) is 16.3 Å². The van der Waals surface area contributed by atoms with Gasteiger partial charge in [0.1, 0.15) is 5.75 Å². The van der Waals surface area contributed by atoms with Gasteiger partial charge < -0.3 is 19.5 Å². The van der Waals surface area contributed by atoms with Gasteiger partial charge in [-0.1, -0.05) is 36.0 Å². The van der Waals surface area contributed by atoms with E-state index < -0.39 is 0 Å². The Morgan fingerprint density at radius 1 is 1.11 bits per heavy atom. The lowest BCUT2D eigenvalue weighted by Crippen LogP contribution is -2.29. The fourth-order valence-electron chi connectivity index (χ4n) is 3.87. The minimum atomic E-state index is -0.234. The molecule has 1 aliphatic rings. The van der Waals surface area contributed by atoms with Gasteiger partial charge in [-0.25, -0.2) is 4.98 Å². The maximum Gasteiger partial charge on any atom is 0.266 e. The van der Waals surface area contributed by atoms with Crippen LogP contribution in [0.25, 0.3) is 16.6 Å². The van der Waals surface area contributed by atoms with Crippen LogP contribution in [0.3, 0.4) is 0 Å². The molecule has 1 aliphatic heterocycles. The monoisotopic (exact) mass is 489 g/mol. The van der Waals surface area contributed by atoms with Crippen LogP contribution >= 0.6 is 11.8 Å². The van der Waals surface area contributed by atoms with E-state index >= 15 is 0 Å². The first kappa shape index (κ1) is 22.8. The van der Waals surface area contributed by atoms with Crippen LogP contribution in [0, 0.1) is 0 Å². The number of benzene rings is 3. The summed E-state index contributed by atoms with van der Waals surface area (Å²) < 4.78 is 17.6. The van der Waals surface area contributed by atoms with E-state index in [1.807, 2.05) is 43.3 Å². The average molecular weight is 490 g/mol. The number of rotatable bonds is 7. The normalized spacial score (nSPS) is 13.0. The standard InChI is InChI=1S/C26H23N3O5S/c1-16(17-10-11-22-23(12-17)34-15-33-22)27-24(30)14-35-26-28-21-9-4-3-8-20(21)25(31)29(26)18-6-5-7-19(13-18)32-2/h3-13,16H,14-15H2,1-2H3,(H,27,30). The largest absolute Gasteiger partial charge is 0.497 e. The molecule has 4 aromatic rings. The molecule has 1 amide bonds. The number of nitrogens with one attached hydrogen (secondary N) is 1. The minimum Gasteiger partial charge on any atom is -0.497 e. The van der Waals surface area contributed by atoms with Crippen molar-refractivity contribution >= 4 is 28.6 Å². The van der Waals surface area contributed by atoms with Crippen LogP contribution in [0.1, 0.15) is 18.5 Å². The molecule has 8 nitrogen and oxygen atoms in total. The molecule has 178 valence electrons. The van der Waals surface area contributed by atoms with Crippen LogP contribution in [-0.4, -0.2) is 35.1 Å². The van der Waals surface area contributed by atoms with Crippen molar-refractivity contribution in [2.45, 2.75) is 18.1 Å². The maximum atomic E-state index is 13.4. The van der Waals surface area contributed by atoms with Crippen LogP contribution in [0.15, 0.2) is 76.7 Å². The smallest absolute Gasteiger partial charge is 0.266 e. The number of carbonyl (C=O) groups excluding carboxylic acids is 1. The Morgan fingerprint density at radius 2 is 1.94 bits per heavy atom. The molecule has 0 aliphatic carbocycles. The molecule has 3 aromatic carbocycles. The van der Waals surface area contributed by atoms with Gasteiger partial charge in [0.25, 0.3) is 5.56 Å². The van der Waals surface area contributed by atoms with Crippen molar-refractivity contribution in [3.63, 3.8) is 0 Å². The highest BCUT2D eigenvalue weighted by Gasteiger charge is 2.19. The number of hydrogen-bond acceptors (Lipinski definition) is 7. The highest BCUT2D eigenvalue weighted by atomic mass is 32.2. The lowest BCUT2D eigenvalue weighted by molar-refractivity contribution is -0.119. The van der Waals surface area contributed by atoms with Crippen molar-refractivity contribution in [3.8, 4) is 22.9 Å². The summed E-state index contributed by atoms with van der Waals surface area (Å²) in [6.07, 6.45) is 0. The number of aromatic nitrogens is 2. The minimum absolute atomic E-state index is 0.0869. The second-order valence-electron chi connectivity index (χ2n) is 7.94. The van der Waals surface area contributed by atoms with E-state index in [0.29, 0.717) is 39.0 Å². The van der Waals surface area contributed by atoms with E-state index in [4.69, 9.17) is 19.2 Å². The molecule has 0 fully saturated rings. The Kier molecular flexibility index (Phi) is 6.33. The Hall–Kier alpha value is -3.98. The molecule has 1 unspecified atom stereocenters. The third-order valence-electron chi connectivity index (χ3n) is 5.66. The maximum absolute atomic E-state index is 13.4. The zero-order valence-corrected chi connectivity index (χ0v) is 20.0. The lowest BCUT2D eigenvalue weighted by Gasteiger charge is -2.16. The van der Waals surface area contributed by atoms with E-state index in [1.54, 1.807) is 37.4 Å². The molecule has 0 bridgehead atoms. The van der Waals surface area contributed by atoms with Crippen LogP contribution in [0.5, 0.6) is 17.2 Å². The molecular weight excluding hydrogens is 466 g/mol. The van der Waals surface area contributed by atoms with Gasteiger partial charge in [-0.15, -0.1) is 0 Å². The van der Waals surface area contributed by atoms with E-state index in [-0.39, 0.29) is 30.1 Å². The summed E-state index contributed by atoms with van der Waals surface area (Å²) in [6.45, 7) is 2.10. The van der Waals surface area contributed by atoms with Crippen LogP contribution in [-0.2, 0) is 4.79 Å². The second-order valence-corrected chi connectivity index (χ2v) is 8.89. The van der Waals surface area contributed by atoms with Gasteiger partial charge in [0, 0.05) is 6.07 Å². The van der Waals surface area contributed by atoms with Crippen LogP contribution < -0.4 is 25.1 Å². The number of amides is 1. The number of fused-ring (bicyclic) bond motifs is 2. The van der Waals surface area contributed by atoms with Crippen molar-refractivity contribution in [3.05, 3.63) is 82.6 Å². The van der Waals surface area contributed by atoms with Gasteiger partial charge in [0.15, 0.2) is 16.7 Å². The fourth-order valence-corrected chi connectivity index (χ4v) is 4.69. The predicted octanol–water partition coefficient (Wildman–Crippen LogP) is 4.09. The zero-order valence-electron chi connectivity index (χ0n) is 19.2. The molecule has 35 heavy (non-hydrogen) atoms. The van der Waals surface area contributed by atoms with Gasteiger partial charge in [0.2, 0.25) is 12.7 Å². The number of nitrogens with zero attached hydrogens (tertiary/aromatic N) is 2. The highest BCUT2D eigenvalue weighted by molar-refractivity contribution is 7.99. The average Bonchev–Trinajstić information content (AvgIpc) is 3.35. The Balaban J connectivity index is 1.39. The number of methoxy groups -OCH3 is 1. The van der Waals surface area contributed by atoms with Crippen LogP contribution in [0.2, 0.25) is 0 Å². The zero-order chi connectivity index (χ0) is 24.4. The topological polar surface area (TPSA) is 91.7 Å². The Labute approximate surface area is 205 Å². The van der Waals surface area contributed by atoms with Crippen LogP contribution in [0.4, 0.5) is 0 Å². The summed E-state index contributed by atoms with van der Waals surface area (Å²) in [7, 11) is 1.57. The molecule has 1 atom stereocenters. The van der Waals surface area contributed by atoms with Crippen molar-refractivity contribution in [1.29, 1.82) is 0 Å². The summed E-state index contributed by atoms with van der Waals surface area (Å²) in [5, 5.41) is 3.92. The number of hydrogen-bond donors (Lipinski definition) is 1. The number of para-hydroxylation sites is 1. The first-order valence-electron chi connectivity index (χ1n) is 11.0. The summed E-state index contributed by atoms with van der Waals surface area (Å²) in [4.78, 5) is 30.9. The predicted molar refractivity (Wildman–Crippen MR) is 134 cm³/mol. The first-order chi connectivity index (χ1) is 17.0. The van der Waals surface area contributed by atoms with E-state index in [2.05, 4.69) is 5.32 Å². The van der Waals surface area contributed by atoms with Gasteiger partial charge in [-0.2, -0.15) is 0 Å². The highest BCUT2D eigenvalue weighted by Crippen LogP contribution is 2.34. The first-order valence-corrected chi connectivity index (χ1v) is 12.0. The van der Waals surface area contributed by atoms with E-state index in [9.17, 15) is 9.59 Å². The van der Waals surface area contributed by atoms with Crippen molar-refractivity contribution in [2.24, 2.45) is 0 Å². The Morgan fingerprint density at radius 3 is 2.80 bits per heavy atom. The molecule has 0 radical (unpaired) electrons. The summed E-state index contributed by atoms with van der Waals surface area (Å²) in [6, 6.07) is 19.7. The summed E-state index contributed by atoms with van der Waals surface area (Å²) in [5.41, 5.74) is 1.89. The molecule has 0 saturated carbocycles. The lowest BCUT2D eigenvalue weighted by atomic mass is 10.1. The molecule has 2 heterocycles. The fraction of sp³-hybridized carbons (Fsp3) is 0.192. The molecule has 0 saturated heterocycles. The SMILES string of the molecule is COc1cccc(-n2c(SCC(=O)NC(C)c3ccc4c(c3)OCO4)nc3ccccc3c2=O)c1. The van der Waals surface area contributed by atoms with Crippen molar-refractivity contribution in [1.82, 2.24) is 14.9 Å². The van der Waals surface area contributed by atoms with Crippen molar-refractivity contribution < 1.29 is 19.0 Å². The molecule has 1 aromatic heterocycles. The number of ether oxygens (including phenoxy) is 3. The third kappa shape index (κ3) is 4.67. The Bertz CT molecular complexity index is 1470. The number of carbonyl (C=O) groups is 1. The van der Waals surface area contributed by atoms with Gasteiger partial charge >= 0.3 is 0 Å². The molecule has 5 rings (SSSR count). The third-order valence-corrected chi connectivity index (χ3v) is 6.60. The quantitative estimate of drug-likeness (QED) is 0.309. The molecular formula is C26H23N3O5S. The second kappa shape index (κ2) is 9.71. The molecule has 9 heteroatoms. The summed E-state index contributed by atoms with van der Waals surface area (Å²) in [5.74, 6) is 1.89. The summed E-state index contributed by atoms with van der Waals surface area (Å²) >= 11 is 1.20. The van der Waals surface area contributed by atoms with Crippen molar-refractivity contribution in [2.75, 3.05) is 19.7 Å². The molecule has 0 spiro atoms. The van der Waals surface area contributed by atoms with Gasteiger partial charge in [0.05, 0.1) is 35.5 Å².